The van der Waals surface area contributed by atoms with Crippen molar-refractivity contribution in [2.75, 3.05) is 39.3 Å². The molecule has 0 aliphatic heterocycles. The number of thiophene rings is 1. The number of carbonyl (C=O) groups excluding carboxylic acids is 1. The van der Waals surface area contributed by atoms with Crippen LogP contribution in [0.4, 0.5) is 5.69 Å². The third-order valence-electron chi connectivity index (χ3n) is 3.42. The highest BCUT2D eigenvalue weighted by Gasteiger charge is 2.16. The SMILES string of the molecule is COCCN(Cc1ccsc1)C(=O)c1cccc(N(C)C)c1. The summed E-state index contributed by atoms with van der Waals surface area (Å²) in [5, 5.41) is 4.10. The number of hydrogen-bond donors (Lipinski definition) is 0. The average Bonchev–Trinajstić information content (AvgIpc) is 3.04. The Morgan fingerprint density at radius 2 is 2.09 bits per heavy atom. The minimum absolute atomic E-state index is 0.0342. The maximum absolute atomic E-state index is 12.8. The van der Waals surface area contributed by atoms with Gasteiger partial charge in [-0.15, -0.1) is 0 Å². The highest BCUT2D eigenvalue weighted by atomic mass is 32.1. The van der Waals surface area contributed by atoms with Crippen LogP contribution in [-0.2, 0) is 11.3 Å². The van der Waals surface area contributed by atoms with E-state index in [0.717, 1.165) is 11.3 Å². The van der Waals surface area contributed by atoms with Crippen LogP contribution in [0.3, 0.4) is 0 Å². The Kier molecular flexibility index (Phi) is 5.98. The standard InChI is InChI=1S/C17H22N2O2S/c1-18(2)16-6-4-5-15(11-16)17(20)19(8-9-21-3)12-14-7-10-22-13-14/h4-7,10-11,13H,8-9,12H2,1-3H3. The maximum atomic E-state index is 12.8. The van der Waals surface area contributed by atoms with Gasteiger partial charge in [0.15, 0.2) is 0 Å². The second-order valence-electron chi connectivity index (χ2n) is 5.30. The summed E-state index contributed by atoms with van der Waals surface area (Å²) in [4.78, 5) is 16.6. The molecule has 0 radical (unpaired) electrons. The topological polar surface area (TPSA) is 32.8 Å². The van der Waals surface area contributed by atoms with Gasteiger partial charge in [-0.05, 0) is 40.6 Å². The fraction of sp³-hybridized carbons (Fsp3) is 0.353. The molecule has 0 bridgehead atoms. The molecule has 4 nitrogen and oxygen atoms in total. The third kappa shape index (κ3) is 4.32. The molecule has 22 heavy (non-hydrogen) atoms. The molecule has 1 amide bonds. The fourth-order valence-electron chi connectivity index (χ4n) is 2.16. The number of ether oxygens (including phenoxy) is 1. The Morgan fingerprint density at radius 3 is 2.73 bits per heavy atom. The largest absolute Gasteiger partial charge is 0.383 e. The lowest BCUT2D eigenvalue weighted by atomic mass is 10.1. The molecule has 0 spiro atoms. The van der Waals surface area contributed by atoms with Crippen LogP contribution >= 0.6 is 11.3 Å². The summed E-state index contributed by atoms with van der Waals surface area (Å²) in [5.74, 6) is 0.0342. The Morgan fingerprint density at radius 1 is 1.27 bits per heavy atom. The van der Waals surface area contributed by atoms with E-state index in [1.54, 1.807) is 18.4 Å². The van der Waals surface area contributed by atoms with Crippen LogP contribution in [-0.4, -0.2) is 45.2 Å². The number of benzene rings is 1. The summed E-state index contributed by atoms with van der Waals surface area (Å²) in [7, 11) is 5.59. The minimum atomic E-state index is 0.0342. The lowest BCUT2D eigenvalue weighted by Gasteiger charge is -2.23. The van der Waals surface area contributed by atoms with Gasteiger partial charge < -0.3 is 14.5 Å². The molecule has 0 saturated carbocycles. The fourth-order valence-corrected chi connectivity index (χ4v) is 2.82. The molecule has 5 heteroatoms. The van der Waals surface area contributed by atoms with E-state index in [-0.39, 0.29) is 5.91 Å². The predicted molar refractivity (Wildman–Crippen MR) is 91.7 cm³/mol. The van der Waals surface area contributed by atoms with E-state index < -0.39 is 0 Å². The van der Waals surface area contributed by atoms with E-state index in [4.69, 9.17) is 4.74 Å². The minimum Gasteiger partial charge on any atom is -0.383 e. The Bertz CT molecular complexity index is 596. The van der Waals surface area contributed by atoms with Gasteiger partial charge in [-0.2, -0.15) is 11.3 Å². The molecule has 0 saturated heterocycles. The zero-order valence-corrected chi connectivity index (χ0v) is 14.1. The molecule has 0 N–H and O–H groups in total. The predicted octanol–water partition coefficient (Wildman–Crippen LogP) is 3.10. The normalized spacial score (nSPS) is 10.5. The van der Waals surface area contributed by atoms with Crippen LogP contribution in [0.25, 0.3) is 0 Å². The Labute approximate surface area is 135 Å². The van der Waals surface area contributed by atoms with Crippen molar-refractivity contribution in [3.8, 4) is 0 Å². The van der Waals surface area contributed by atoms with Gasteiger partial charge in [-0.25, -0.2) is 0 Å². The number of amides is 1. The first-order valence-electron chi connectivity index (χ1n) is 7.18. The van der Waals surface area contributed by atoms with Crippen molar-refractivity contribution in [2.45, 2.75) is 6.54 Å². The first kappa shape index (κ1) is 16.5. The van der Waals surface area contributed by atoms with E-state index in [9.17, 15) is 4.79 Å². The van der Waals surface area contributed by atoms with Crippen LogP contribution in [0.5, 0.6) is 0 Å². The average molecular weight is 318 g/mol. The van der Waals surface area contributed by atoms with E-state index in [1.165, 1.54) is 0 Å². The molecule has 0 aliphatic rings. The second kappa shape index (κ2) is 7.96. The van der Waals surface area contributed by atoms with Gasteiger partial charge in [-0.1, -0.05) is 6.07 Å². The number of carbonyl (C=O) groups is 1. The lowest BCUT2D eigenvalue weighted by Crippen LogP contribution is -2.33. The van der Waals surface area contributed by atoms with Crippen LogP contribution in [0.1, 0.15) is 15.9 Å². The monoisotopic (exact) mass is 318 g/mol. The zero-order valence-electron chi connectivity index (χ0n) is 13.3. The van der Waals surface area contributed by atoms with Gasteiger partial charge in [0.1, 0.15) is 0 Å². The second-order valence-corrected chi connectivity index (χ2v) is 6.08. The Balaban J connectivity index is 2.18. The van der Waals surface area contributed by atoms with Crippen molar-refractivity contribution in [1.82, 2.24) is 4.90 Å². The number of hydrogen-bond acceptors (Lipinski definition) is 4. The van der Waals surface area contributed by atoms with Crippen molar-refractivity contribution in [2.24, 2.45) is 0 Å². The number of anilines is 1. The molecule has 0 fully saturated rings. The van der Waals surface area contributed by atoms with Gasteiger partial charge in [-0.3, -0.25) is 4.79 Å². The van der Waals surface area contributed by atoms with Crippen molar-refractivity contribution in [1.29, 1.82) is 0 Å². The first-order chi connectivity index (χ1) is 10.6. The molecule has 1 aromatic carbocycles. The molecular weight excluding hydrogens is 296 g/mol. The summed E-state index contributed by atoms with van der Waals surface area (Å²) in [5.41, 5.74) is 2.88. The quantitative estimate of drug-likeness (QED) is 0.786. The van der Waals surface area contributed by atoms with Crippen LogP contribution < -0.4 is 4.90 Å². The number of methoxy groups -OCH3 is 1. The molecule has 1 aromatic heterocycles. The lowest BCUT2D eigenvalue weighted by molar-refractivity contribution is 0.0680. The van der Waals surface area contributed by atoms with Crippen molar-refractivity contribution in [3.05, 3.63) is 52.2 Å². The Hall–Kier alpha value is -1.85. The van der Waals surface area contributed by atoms with E-state index in [0.29, 0.717) is 25.3 Å². The highest BCUT2D eigenvalue weighted by Crippen LogP contribution is 2.17. The summed E-state index contributed by atoms with van der Waals surface area (Å²) in [6.07, 6.45) is 0. The third-order valence-corrected chi connectivity index (χ3v) is 4.15. The van der Waals surface area contributed by atoms with E-state index in [1.807, 2.05) is 59.6 Å². The van der Waals surface area contributed by atoms with Gasteiger partial charge in [0.25, 0.3) is 5.91 Å². The van der Waals surface area contributed by atoms with Gasteiger partial charge in [0.05, 0.1) is 6.61 Å². The molecule has 0 aliphatic carbocycles. The molecule has 2 aromatic rings. The van der Waals surface area contributed by atoms with Crippen molar-refractivity contribution in [3.63, 3.8) is 0 Å². The molecular formula is C17H22N2O2S. The van der Waals surface area contributed by atoms with Crippen molar-refractivity contribution < 1.29 is 9.53 Å². The van der Waals surface area contributed by atoms with Crippen LogP contribution in [0.15, 0.2) is 41.1 Å². The summed E-state index contributed by atoms with van der Waals surface area (Å²) >= 11 is 1.64. The van der Waals surface area contributed by atoms with Crippen LogP contribution in [0.2, 0.25) is 0 Å². The van der Waals surface area contributed by atoms with Gasteiger partial charge >= 0.3 is 0 Å². The highest BCUT2D eigenvalue weighted by molar-refractivity contribution is 7.07. The smallest absolute Gasteiger partial charge is 0.254 e. The summed E-state index contributed by atoms with van der Waals surface area (Å²) in [6.45, 7) is 1.72. The molecule has 1 heterocycles. The molecule has 118 valence electrons. The molecule has 2 rings (SSSR count). The maximum Gasteiger partial charge on any atom is 0.254 e. The molecule has 0 unspecified atom stereocenters. The number of rotatable bonds is 7. The van der Waals surface area contributed by atoms with E-state index in [2.05, 4.69) is 5.38 Å². The van der Waals surface area contributed by atoms with Gasteiger partial charge in [0.2, 0.25) is 0 Å². The van der Waals surface area contributed by atoms with E-state index >= 15 is 0 Å². The first-order valence-corrected chi connectivity index (χ1v) is 8.12. The number of nitrogens with zero attached hydrogens (tertiary/aromatic N) is 2. The summed E-state index contributed by atoms with van der Waals surface area (Å²) < 4.78 is 5.14. The van der Waals surface area contributed by atoms with Gasteiger partial charge in [0, 0.05) is 45.5 Å². The molecule has 0 atom stereocenters. The van der Waals surface area contributed by atoms with Crippen molar-refractivity contribution >= 4 is 22.9 Å². The van der Waals surface area contributed by atoms with Crippen LogP contribution in [0, 0.1) is 0 Å². The summed E-state index contributed by atoms with van der Waals surface area (Å²) in [6, 6.07) is 9.75. The zero-order chi connectivity index (χ0) is 15.9.